The van der Waals surface area contributed by atoms with Gasteiger partial charge in [0.1, 0.15) is 11.4 Å². The van der Waals surface area contributed by atoms with Crippen molar-refractivity contribution in [1.82, 2.24) is 9.88 Å². The van der Waals surface area contributed by atoms with Gasteiger partial charge in [-0.3, -0.25) is 9.59 Å². The first-order chi connectivity index (χ1) is 12.5. The Morgan fingerprint density at radius 3 is 2.54 bits per heavy atom. The number of ether oxygens (including phenoxy) is 1. The van der Waals surface area contributed by atoms with Crippen LogP contribution >= 0.6 is 0 Å². The van der Waals surface area contributed by atoms with E-state index >= 15 is 0 Å². The van der Waals surface area contributed by atoms with Gasteiger partial charge in [-0.25, -0.2) is 4.98 Å². The first-order valence-corrected chi connectivity index (χ1v) is 8.06. The van der Waals surface area contributed by atoms with E-state index < -0.39 is 0 Å². The van der Waals surface area contributed by atoms with E-state index in [4.69, 9.17) is 4.74 Å². The third-order valence-electron chi connectivity index (χ3n) is 3.93. The minimum absolute atomic E-state index is 0.160. The van der Waals surface area contributed by atoms with Crippen LogP contribution in [0.2, 0.25) is 0 Å². The fraction of sp³-hybridized carbons (Fsp3) is 0.150. The molecular weight excluding hydrogens is 330 g/mol. The van der Waals surface area contributed by atoms with Crippen LogP contribution in [0.15, 0.2) is 54.6 Å². The van der Waals surface area contributed by atoms with E-state index in [1.165, 1.54) is 12.0 Å². The van der Waals surface area contributed by atoms with Gasteiger partial charge >= 0.3 is 0 Å². The zero-order valence-electron chi connectivity index (χ0n) is 14.8. The molecule has 1 aromatic heterocycles. The van der Waals surface area contributed by atoms with Crippen LogP contribution < -0.4 is 10.1 Å². The van der Waals surface area contributed by atoms with Gasteiger partial charge in [-0.2, -0.15) is 0 Å². The molecule has 1 heterocycles. The number of carbonyl (C=O) groups is 2. The number of rotatable bonds is 4. The van der Waals surface area contributed by atoms with Crippen LogP contribution in [0, 0.1) is 0 Å². The van der Waals surface area contributed by atoms with Crippen LogP contribution in [0.5, 0.6) is 5.75 Å². The molecule has 3 aromatic rings. The Bertz CT molecular complexity index is 983. The summed E-state index contributed by atoms with van der Waals surface area (Å²) in [6.07, 6.45) is 0. The van der Waals surface area contributed by atoms with Crippen LogP contribution in [0.1, 0.15) is 20.8 Å². The number of amides is 2. The zero-order valence-corrected chi connectivity index (χ0v) is 14.8. The van der Waals surface area contributed by atoms with Crippen LogP contribution in [-0.4, -0.2) is 42.9 Å². The van der Waals surface area contributed by atoms with E-state index in [-0.39, 0.29) is 17.5 Å². The number of methoxy groups -OCH3 is 1. The lowest BCUT2D eigenvalue weighted by atomic mass is 10.1. The summed E-state index contributed by atoms with van der Waals surface area (Å²) in [5, 5.41) is 3.74. The van der Waals surface area contributed by atoms with Gasteiger partial charge in [-0.05, 0) is 30.3 Å². The number of aromatic nitrogens is 1. The molecule has 0 aliphatic carbocycles. The summed E-state index contributed by atoms with van der Waals surface area (Å²) < 4.78 is 5.29. The van der Waals surface area contributed by atoms with Crippen molar-refractivity contribution >= 4 is 28.4 Å². The highest BCUT2D eigenvalue weighted by atomic mass is 16.5. The second-order valence-corrected chi connectivity index (χ2v) is 5.96. The van der Waals surface area contributed by atoms with Crippen molar-refractivity contribution < 1.29 is 14.3 Å². The number of para-hydroxylation sites is 1. The molecule has 2 amide bonds. The third-order valence-corrected chi connectivity index (χ3v) is 3.93. The lowest BCUT2D eigenvalue weighted by molar-refractivity contribution is 0.0827. The Labute approximate surface area is 151 Å². The summed E-state index contributed by atoms with van der Waals surface area (Å²) >= 11 is 0. The molecule has 26 heavy (non-hydrogen) atoms. The van der Waals surface area contributed by atoms with Crippen LogP contribution in [0.25, 0.3) is 10.9 Å². The van der Waals surface area contributed by atoms with Crippen molar-refractivity contribution in [2.45, 2.75) is 0 Å². The minimum atomic E-state index is -0.372. The average molecular weight is 349 g/mol. The predicted molar refractivity (Wildman–Crippen MR) is 101 cm³/mol. The standard InChI is InChI=1S/C20H19N3O3/c1-23(2)20(25)14-9-11-18(26-3)17(12-14)22-19(24)16-10-8-13-6-4-5-7-15(13)21-16/h4-12H,1-3H3,(H,22,24). The molecular formula is C20H19N3O3. The smallest absolute Gasteiger partial charge is 0.274 e. The second kappa shape index (κ2) is 7.23. The molecule has 6 heteroatoms. The molecule has 1 N–H and O–H groups in total. The van der Waals surface area contributed by atoms with Crippen molar-refractivity contribution in [3.8, 4) is 5.75 Å². The molecule has 3 rings (SSSR count). The lowest BCUT2D eigenvalue weighted by Gasteiger charge is -2.14. The summed E-state index contributed by atoms with van der Waals surface area (Å²) in [4.78, 5) is 30.6. The Morgan fingerprint density at radius 1 is 1.04 bits per heavy atom. The monoisotopic (exact) mass is 349 g/mol. The molecule has 0 aliphatic rings. The average Bonchev–Trinajstić information content (AvgIpc) is 2.66. The summed E-state index contributed by atoms with van der Waals surface area (Å²) in [7, 11) is 4.85. The van der Waals surface area contributed by atoms with Crippen molar-refractivity contribution in [2.24, 2.45) is 0 Å². The Hall–Kier alpha value is -3.41. The minimum Gasteiger partial charge on any atom is -0.495 e. The predicted octanol–water partition coefficient (Wildman–Crippen LogP) is 3.20. The number of benzene rings is 2. The largest absolute Gasteiger partial charge is 0.495 e. The van der Waals surface area contributed by atoms with Crippen molar-refractivity contribution in [2.75, 3.05) is 26.5 Å². The Morgan fingerprint density at radius 2 is 1.81 bits per heavy atom. The van der Waals surface area contributed by atoms with E-state index in [0.29, 0.717) is 17.0 Å². The number of nitrogens with one attached hydrogen (secondary N) is 1. The molecule has 6 nitrogen and oxygen atoms in total. The summed E-state index contributed by atoms with van der Waals surface area (Å²) in [6.45, 7) is 0. The van der Waals surface area contributed by atoms with Gasteiger partial charge < -0.3 is 15.0 Å². The molecule has 0 saturated heterocycles. The summed E-state index contributed by atoms with van der Waals surface area (Å²) in [5.41, 5.74) is 1.90. The number of hydrogen-bond donors (Lipinski definition) is 1. The lowest BCUT2D eigenvalue weighted by Crippen LogP contribution is -2.22. The maximum absolute atomic E-state index is 12.6. The number of anilines is 1. The number of fused-ring (bicyclic) bond motifs is 1. The normalized spacial score (nSPS) is 10.4. The molecule has 0 saturated carbocycles. The first kappa shape index (κ1) is 17.4. The van der Waals surface area contributed by atoms with Gasteiger partial charge in [0, 0.05) is 25.0 Å². The number of nitrogens with zero attached hydrogens (tertiary/aromatic N) is 2. The summed E-state index contributed by atoms with van der Waals surface area (Å²) in [6, 6.07) is 16.0. The second-order valence-electron chi connectivity index (χ2n) is 5.96. The molecule has 0 bridgehead atoms. The number of hydrogen-bond acceptors (Lipinski definition) is 4. The fourth-order valence-corrected chi connectivity index (χ4v) is 2.58. The fourth-order valence-electron chi connectivity index (χ4n) is 2.58. The molecule has 0 spiro atoms. The molecule has 0 unspecified atom stereocenters. The highest BCUT2D eigenvalue weighted by molar-refractivity contribution is 6.05. The number of carbonyl (C=O) groups excluding carboxylic acids is 2. The molecule has 0 atom stereocenters. The first-order valence-electron chi connectivity index (χ1n) is 8.06. The van der Waals surface area contributed by atoms with Crippen molar-refractivity contribution in [3.05, 3.63) is 65.9 Å². The Balaban J connectivity index is 1.91. The quantitative estimate of drug-likeness (QED) is 0.785. The van der Waals surface area contributed by atoms with E-state index in [2.05, 4.69) is 10.3 Å². The van der Waals surface area contributed by atoms with E-state index in [1.54, 1.807) is 38.4 Å². The number of pyridine rings is 1. The van der Waals surface area contributed by atoms with Crippen LogP contribution in [0.4, 0.5) is 5.69 Å². The molecule has 0 fully saturated rings. The van der Waals surface area contributed by atoms with Gasteiger partial charge in [0.25, 0.3) is 11.8 Å². The zero-order chi connectivity index (χ0) is 18.7. The van der Waals surface area contributed by atoms with Gasteiger partial charge in [0.05, 0.1) is 18.3 Å². The molecule has 2 aromatic carbocycles. The maximum Gasteiger partial charge on any atom is 0.274 e. The highest BCUT2D eigenvalue weighted by Gasteiger charge is 2.15. The van der Waals surface area contributed by atoms with Crippen LogP contribution in [-0.2, 0) is 0 Å². The Kier molecular flexibility index (Phi) is 4.84. The molecule has 0 radical (unpaired) electrons. The SMILES string of the molecule is COc1ccc(C(=O)N(C)C)cc1NC(=O)c1ccc2ccccc2n1. The van der Waals surface area contributed by atoms with Gasteiger partial charge in [0.2, 0.25) is 0 Å². The van der Waals surface area contributed by atoms with Crippen molar-refractivity contribution in [1.29, 1.82) is 0 Å². The maximum atomic E-state index is 12.6. The van der Waals surface area contributed by atoms with Crippen LogP contribution in [0.3, 0.4) is 0 Å². The molecule has 132 valence electrons. The van der Waals surface area contributed by atoms with E-state index in [0.717, 1.165) is 10.9 Å². The summed E-state index contributed by atoms with van der Waals surface area (Å²) in [5.74, 6) is -0.0649. The molecule has 0 aliphatic heterocycles. The van der Waals surface area contributed by atoms with Crippen molar-refractivity contribution in [3.63, 3.8) is 0 Å². The third kappa shape index (κ3) is 3.49. The van der Waals surface area contributed by atoms with Gasteiger partial charge in [-0.15, -0.1) is 0 Å². The van der Waals surface area contributed by atoms with E-state index in [1.807, 2.05) is 30.3 Å². The van der Waals surface area contributed by atoms with Gasteiger partial charge in [-0.1, -0.05) is 24.3 Å². The highest BCUT2D eigenvalue weighted by Crippen LogP contribution is 2.26. The topological polar surface area (TPSA) is 71.5 Å². The van der Waals surface area contributed by atoms with Gasteiger partial charge in [0.15, 0.2) is 0 Å². The van der Waals surface area contributed by atoms with E-state index in [9.17, 15) is 9.59 Å².